The molecule has 2 fully saturated rings. The third-order valence-corrected chi connectivity index (χ3v) is 8.28. The van der Waals surface area contributed by atoms with Gasteiger partial charge in [0, 0.05) is 11.5 Å². The molecule has 26 heavy (non-hydrogen) atoms. The third kappa shape index (κ3) is 2.07. The summed E-state index contributed by atoms with van der Waals surface area (Å²) in [7, 11) is 1.74. The van der Waals surface area contributed by atoms with E-state index in [1.54, 1.807) is 7.11 Å². The highest BCUT2D eigenvalue weighted by molar-refractivity contribution is 6.00. The number of fused-ring (bicyclic) bond motifs is 7. The van der Waals surface area contributed by atoms with Crippen LogP contribution in [0.5, 0.6) is 5.75 Å². The maximum absolute atomic E-state index is 12.7. The third-order valence-electron chi connectivity index (χ3n) is 8.28. The molecule has 3 heteroatoms. The summed E-state index contributed by atoms with van der Waals surface area (Å²) in [6, 6.07) is 6.62. The number of allylic oxidation sites excluding steroid dienone is 1. The van der Waals surface area contributed by atoms with Gasteiger partial charge >= 0.3 is 0 Å². The van der Waals surface area contributed by atoms with Crippen LogP contribution in [-0.2, 0) is 11.2 Å². The Morgan fingerprint density at radius 3 is 2.88 bits per heavy atom. The fraction of sp³-hybridized carbons (Fsp3) is 0.609. The quantitative estimate of drug-likeness (QED) is 0.878. The van der Waals surface area contributed by atoms with Crippen molar-refractivity contribution in [2.24, 2.45) is 29.1 Å². The minimum absolute atomic E-state index is 0.0894. The lowest BCUT2D eigenvalue weighted by Crippen LogP contribution is -2.42. The number of rotatable bonds is 2. The van der Waals surface area contributed by atoms with Crippen molar-refractivity contribution in [1.82, 2.24) is 0 Å². The molecule has 4 aliphatic carbocycles. The van der Waals surface area contributed by atoms with Crippen LogP contribution in [0.15, 0.2) is 29.8 Å². The lowest BCUT2D eigenvalue weighted by molar-refractivity contribution is -0.119. The smallest absolute Gasteiger partial charge is 0.164 e. The summed E-state index contributed by atoms with van der Waals surface area (Å²) in [4.78, 5) is 12.7. The van der Waals surface area contributed by atoms with Crippen LogP contribution in [0.25, 0.3) is 0 Å². The summed E-state index contributed by atoms with van der Waals surface area (Å²) in [5, 5.41) is 9.51. The number of hydrogen-bond donors (Lipinski definition) is 1. The Hall–Kier alpha value is -1.61. The zero-order chi connectivity index (χ0) is 18.1. The van der Waals surface area contributed by atoms with Gasteiger partial charge in [-0.1, -0.05) is 19.1 Å². The van der Waals surface area contributed by atoms with Crippen LogP contribution >= 0.6 is 0 Å². The fourth-order valence-electron chi connectivity index (χ4n) is 7.02. The highest BCUT2D eigenvalue weighted by Crippen LogP contribution is 2.66. The lowest BCUT2D eigenvalue weighted by atomic mass is 9.54. The summed E-state index contributed by atoms with van der Waals surface area (Å²) in [6.07, 6.45) is 7.92. The minimum Gasteiger partial charge on any atom is -0.497 e. The molecule has 0 saturated heterocycles. The molecule has 138 valence electrons. The molecule has 0 spiro atoms. The largest absolute Gasteiger partial charge is 0.497 e. The first-order valence-corrected chi connectivity index (χ1v) is 10.1. The zero-order valence-corrected chi connectivity index (χ0v) is 15.7. The Balaban J connectivity index is 1.49. The number of ether oxygens (including phenoxy) is 1. The molecule has 0 aliphatic heterocycles. The van der Waals surface area contributed by atoms with E-state index < -0.39 is 0 Å². The molecular formula is C23H28O3. The van der Waals surface area contributed by atoms with Gasteiger partial charge in [-0.3, -0.25) is 4.79 Å². The SMILES string of the molecule is COc1ccc2c(c1)CC[C@@H]1[C@@H]2CC[C@]2(C)[C@@H]3C=C(CO)C(=O)[C@@H]3C[C@@H]12. The summed E-state index contributed by atoms with van der Waals surface area (Å²) < 4.78 is 5.42. The molecule has 2 saturated carbocycles. The van der Waals surface area contributed by atoms with Gasteiger partial charge in [0.15, 0.2) is 5.78 Å². The number of Topliss-reactive ketones (excluding diaryl/α,β-unsaturated/α-hetero) is 1. The van der Waals surface area contributed by atoms with Crippen LogP contribution in [0.2, 0.25) is 0 Å². The number of ketones is 1. The summed E-state index contributed by atoms with van der Waals surface area (Å²) in [6.45, 7) is 2.33. The Kier molecular flexibility index (Phi) is 3.62. The summed E-state index contributed by atoms with van der Waals surface area (Å²) in [5.41, 5.74) is 3.88. The van der Waals surface area contributed by atoms with Gasteiger partial charge in [-0.2, -0.15) is 0 Å². The van der Waals surface area contributed by atoms with Gasteiger partial charge in [0.05, 0.1) is 13.7 Å². The molecule has 1 aromatic rings. The van der Waals surface area contributed by atoms with Gasteiger partial charge in [0.25, 0.3) is 0 Å². The van der Waals surface area contributed by atoms with Crippen molar-refractivity contribution < 1.29 is 14.6 Å². The van der Waals surface area contributed by atoms with Crippen molar-refractivity contribution in [3.63, 3.8) is 0 Å². The maximum Gasteiger partial charge on any atom is 0.164 e. The van der Waals surface area contributed by atoms with Crippen molar-refractivity contribution in [3.8, 4) is 5.75 Å². The first kappa shape index (κ1) is 16.6. The molecule has 5 rings (SSSR count). The number of aryl methyl sites for hydroxylation is 1. The van der Waals surface area contributed by atoms with E-state index in [4.69, 9.17) is 4.74 Å². The van der Waals surface area contributed by atoms with Gasteiger partial charge in [-0.15, -0.1) is 0 Å². The van der Waals surface area contributed by atoms with Gasteiger partial charge in [0.2, 0.25) is 0 Å². The van der Waals surface area contributed by atoms with Gasteiger partial charge < -0.3 is 9.84 Å². The zero-order valence-electron chi connectivity index (χ0n) is 15.7. The van der Waals surface area contributed by atoms with Crippen molar-refractivity contribution in [2.75, 3.05) is 13.7 Å². The number of carbonyl (C=O) groups excluding carboxylic acids is 1. The van der Waals surface area contributed by atoms with Crippen LogP contribution in [0.3, 0.4) is 0 Å². The Bertz CT molecular complexity index is 795. The maximum atomic E-state index is 12.7. The first-order valence-electron chi connectivity index (χ1n) is 10.1. The Labute approximate surface area is 155 Å². The number of methoxy groups -OCH3 is 1. The molecular weight excluding hydrogens is 324 g/mol. The molecule has 3 nitrogen and oxygen atoms in total. The molecule has 0 amide bonds. The topological polar surface area (TPSA) is 46.5 Å². The molecule has 0 radical (unpaired) electrons. The number of hydrogen-bond acceptors (Lipinski definition) is 3. The lowest BCUT2D eigenvalue weighted by Gasteiger charge is -2.50. The number of aliphatic hydroxyl groups excluding tert-OH is 1. The highest BCUT2D eigenvalue weighted by atomic mass is 16.5. The predicted molar refractivity (Wildman–Crippen MR) is 100 cm³/mol. The number of aliphatic hydroxyl groups is 1. The first-order chi connectivity index (χ1) is 12.6. The second-order valence-electron chi connectivity index (χ2n) is 9.11. The van der Waals surface area contributed by atoms with Crippen LogP contribution in [-0.4, -0.2) is 24.6 Å². The van der Waals surface area contributed by atoms with E-state index in [0.29, 0.717) is 29.2 Å². The molecule has 1 N–H and O–H groups in total. The second kappa shape index (κ2) is 5.69. The molecule has 0 unspecified atom stereocenters. The van der Waals surface area contributed by atoms with Crippen LogP contribution in [0.4, 0.5) is 0 Å². The van der Waals surface area contributed by atoms with E-state index in [9.17, 15) is 9.90 Å². The van der Waals surface area contributed by atoms with Crippen molar-refractivity contribution in [1.29, 1.82) is 0 Å². The van der Waals surface area contributed by atoms with E-state index >= 15 is 0 Å². The molecule has 0 heterocycles. The van der Waals surface area contributed by atoms with E-state index in [1.807, 2.05) is 0 Å². The summed E-state index contributed by atoms with van der Waals surface area (Å²) in [5.74, 6) is 3.63. The average Bonchev–Trinajstić information content (AvgIpc) is 3.14. The molecule has 6 atom stereocenters. The fourth-order valence-corrected chi connectivity index (χ4v) is 7.02. The molecule has 0 bridgehead atoms. The van der Waals surface area contributed by atoms with E-state index in [-0.39, 0.29) is 23.7 Å². The Morgan fingerprint density at radius 2 is 2.12 bits per heavy atom. The van der Waals surface area contributed by atoms with Gasteiger partial charge in [0.1, 0.15) is 5.75 Å². The minimum atomic E-state index is -0.0894. The average molecular weight is 352 g/mol. The van der Waals surface area contributed by atoms with Crippen molar-refractivity contribution in [3.05, 3.63) is 41.0 Å². The normalized spacial score (nSPS) is 40.3. The summed E-state index contributed by atoms with van der Waals surface area (Å²) >= 11 is 0. The standard InChI is InChI=1S/C23H28O3/c1-23-8-7-17-16-6-4-15(26-2)9-13(16)3-5-18(17)21(23)11-19-20(23)10-14(12-24)22(19)25/h4,6,9-10,17-21,24H,3,5,7-8,11-12H2,1-2H3/t17-,18-,19-,20-,21+,23-/m1/s1. The van der Waals surface area contributed by atoms with Gasteiger partial charge in [-0.25, -0.2) is 0 Å². The van der Waals surface area contributed by atoms with Gasteiger partial charge in [-0.05, 0) is 84.5 Å². The highest BCUT2D eigenvalue weighted by Gasteiger charge is 2.60. The van der Waals surface area contributed by atoms with Crippen LogP contribution < -0.4 is 4.74 Å². The second-order valence-corrected chi connectivity index (χ2v) is 9.11. The number of carbonyl (C=O) groups is 1. The van der Waals surface area contributed by atoms with E-state index in [2.05, 4.69) is 31.2 Å². The van der Waals surface area contributed by atoms with E-state index in [1.165, 1.54) is 30.4 Å². The molecule has 0 aromatic heterocycles. The molecule has 4 aliphatic rings. The van der Waals surface area contributed by atoms with E-state index in [0.717, 1.165) is 18.6 Å². The van der Waals surface area contributed by atoms with Crippen LogP contribution in [0.1, 0.15) is 49.7 Å². The Morgan fingerprint density at radius 1 is 1.27 bits per heavy atom. The number of benzene rings is 1. The molecule has 1 aromatic carbocycles. The van der Waals surface area contributed by atoms with Crippen LogP contribution in [0, 0.1) is 29.1 Å². The monoisotopic (exact) mass is 352 g/mol. The van der Waals surface area contributed by atoms with Crippen molar-refractivity contribution in [2.45, 2.75) is 44.9 Å². The predicted octanol–water partition coefficient (Wildman–Crippen LogP) is 3.90. The van der Waals surface area contributed by atoms with Crippen molar-refractivity contribution >= 4 is 5.78 Å².